The van der Waals surface area contributed by atoms with Gasteiger partial charge in [0.1, 0.15) is 5.76 Å². The van der Waals surface area contributed by atoms with Gasteiger partial charge in [-0.2, -0.15) is 0 Å². The smallest absolute Gasteiger partial charge is 0.191 e. The lowest BCUT2D eigenvalue weighted by Crippen LogP contribution is -2.47. The SMILES string of the molecule is CCC(C)NC(=NCCc1ccco1)NC1CC(C)N(C2CC2)C1.I. The van der Waals surface area contributed by atoms with Crippen LogP contribution in [-0.2, 0) is 6.42 Å². The van der Waals surface area contributed by atoms with Crippen LogP contribution in [0.2, 0.25) is 0 Å². The second-order valence-corrected chi connectivity index (χ2v) is 7.37. The molecule has 0 radical (unpaired) electrons. The van der Waals surface area contributed by atoms with E-state index in [0.29, 0.717) is 18.1 Å². The van der Waals surface area contributed by atoms with Crippen LogP contribution in [-0.4, -0.2) is 48.1 Å². The van der Waals surface area contributed by atoms with Crippen LogP contribution < -0.4 is 10.6 Å². The first-order chi connectivity index (χ1) is 11.7. The Morgan fingerprint density at radius 2 is 2.24 bits per heavy atom. The number of hydrogen-bond acceptors (Lipinski definition) is 3. The van der Waals surface area contributed by atoms with Gasteiger partial charge in [-0.05, 0) is 51.7 Å². The van der Waals surface area contributed by atoms with Crippen molar-refractivity contribution in [2.45, 2.75) is 77.0 Å². The van der Waals surface area contributed by atoms with Gasteiger partial charge in [0.05, 0.1) is 6.26 Å². The summed E-state index contributed by atoms with van der Waals surface area (Å²) in [5, 5.41) is 7.21. The lowest BCUT2D eigenvalue weighted by molar-refractivity contribution is 0.256. The molecule has 2 N–H and O–H groups in total. The maximum Gasteiger partial charge on any atom is 0.191 e. The van der Waals surface area contributed by atoms with Gasteiger partial charge < -0.3 is 15.1 Å². The minimum Gasteiger partial charge on any atom is -0.469 e. The second kappa shape index (κ2) is 9.80. The van der Waals surface area contributed by atoms with Gasteiger partial charge in [0.25, 0.3) is 0 Å². The van der Waals surface area contributed by atoms with Crippen LogP contribution in [0.1, 0.15) is 52.2 Å². The van der Waals surface area contributed by atoms with Crippen LogP contribution in [0.5, 0.6) is 0 Å². The molecule has 1 aliphatic carbocycles. The summed E-state index contributed by atoms with van der Waals surface area (Å²) in [7, 11) is 0. The molecule has 0 spiro atoms. The summed E-state index contributed by atoms with van der Waals surface area (Å²) in [6.45, 7) is 8.65. The summed E-state index contributed by atoms with van der Waals surface area (Å²) in [6, 6.07) is 6.40. The van der Waals surface area contributed by atoms with Crippen molar-refractivity contribution < 1.29 is 4.42 Å². The van der Waals surface area contributed by atoms with E-state index in [1.54, 1.807) is 6.26 Å². The molecule has 0 aromatic carbocycles. The van der Waals surface area contributed by atoms with Crippen molar-refractivity contribution in [3.05, 3.63) is 24.2 Å². The quantitative estimate of drug-likeness (QED) is 0.372. The summed E-state index contributed by atoms with van der Waals surface area (Å²) in [5.74, 6) is 1.95. The predicted molar refractivity (Wildman–Crippen MR) is 114 cm³/mol. The van der Waals surface area contributed by atoms with Gasteiger partial charge >= 0.3 is 0 Å². The zero-order valence-corrected chi connectivity index (χ0v) is 18.0. The molecule has 1 aromatic rings. The topological polar surface area (TPSA) is 52.8 Å². The molecule has 5 nitrogen and oxygen atoms in total. The molecule has 3 rings (SSSR count). The lowest BCUT2D eigenvalue weighted by atomic mass is 10.2. The highest BCUT2D eigenvalue weighted by Crippen LogP contribution is 2.33. The number of likely N-dealkylation sites (tertiary alicyclic amines) is 1. The number of hydrogen-bond donors (Lipinski definition) is 2. The number of guanidine groups is 1. The number of nitrogens with one attached hydrogen (secondary N) is 2. The molecule has 2 heterocycles. The average Bonchev–Trinajstić information content (AvgIpc) is 3.15. The highest BCUT2D eigenvalue weighted by atomic mass is 127. The fraction of sp³-hybridized carbons (Fsp3) is 0.737. The van der Waals surface area contributed by atoms with E-state index in [4.69, 9.17) is 9.41 Å². The zero-order chi connectivity index (χ0) is 16.9. The maximum atomic E-state index is 5.40. The van der Waals surface area contributed by atoms with Gasteiger partial charge in [0.15, 0.2) is 5.96 Å². The van der Waals surface area contributed by atoms with Crippen molar-refractivity contribution in [1.82, 2.24) is 15.5 Å². The molecule has 3 atom stereocenters. The number of aliphatic imine (C=N–C) groups is 1. The molecule has 3 unspecified atom stereocenters. The van der Waals surface area contributed by atoms with E-state index in [1.165, 1.54) is 19.3 Å². The van der Waals surface area contributed by atoms with Gasteiger partial charge in [-0.15, -0.1) is 24.0 Å². The van der Waals surface area contributed by atoms with Crippen LogP contribution in [0, 0.1) is 0 Å². The van der Waals surface area contributed by atoms with E-state index < -0.39 is 0 Å². The lowest BCUT2D eigenvalue weighted by Gasteiger charge is -2.22. The van der Waals surface area contributed by atoms with E-state index >= 15 is 0 Å². The van der Waals surface area contributed by atoms with Crippen LogP contribution in [0.25, 0.3) is 0 Å². The van der Waals surface area contributed by atoms with Gasteiger partial charge in [-0.25, -0.2) is 0 Å². The van der Waals surface area contributed by atoms with Crippen LogP contribution >= 0.6 is 24.0 Å². The molecule has 1 aliphatic heterocycles. The van der Waals surface area contributed by atoms with Gasteiger partial charge in [0.2, 0.25) is 0 Å². The fourth-order valence-corrected chi connectivity index (χ4v) is 3.47. The third kappa shape index (κ3) is 6.16. The Balaban J connectivity index is 0.00000225. The molecule has 1 saturated heterocycles. The van der Waals surface area contributed by atoms with Crippen molar-refractivity contribution in [3.8, 4) is 0 Å². The second-order valence-electron chi connectivity index (χ2n) is 7.37. The number of halogens is 1. The third-order valence-electron chi connectivity index (χ3n) is 5.18. The summed E-state index contributed by atoms with van der Waals surface area (Å²) in [4.78, 5) is 7.44. The zero-order valence-electron chi connectivity index (χ0n) is 15.7. The number of nitrogens with zero attached hydrogens (tertiary/aromatic N) is 2. The Bertz CT molecular complexity index is 530. The van der Waals surface area contributed by atoms with E-state index in [1.807, 2.05) is 12.1 Å². The first-order valence-corrected chi connectivity index (χ1v) is 9.51. The Hall–Kier alpha value is -0.760. The largest absolute Gasteiger partial charge is 0.469 e. The summed E-state index contributed by atoms with van der Waals surface area (Å²) < 4.78 is 5.40. The van der Waals surface area contributed by atoms with E-state index in [2.05, 4.69) is 36.3 Å². The van der Waals surface area contributed by atoms with Gasteiger partial charge in [-0.3, -0.25) is 9.89 Å². The minimum absolute atomic E-state index is 0. The molecule has 142 valence electrons. The Labute approximate surface area is 169 Å². The van der Waals surface area contributed by atoms with Crippen LogP contribution in [0.3, 0.4) is 0 Å². The molecule has 0 amide bonds. The number of furan rings is 1. The van der Waals surface area contributed by atoms with E-state index in [9.17, 15) is 0 Å². The molecule has 1 aromatic heterocycles. The summed E-state index contributed by atoms with van der Waals surface area (Å²) in [6.07, 6.45) is 7.63. The average molecular weight is 460 g/mol. The Kier molecular flexibility index (Phi) is 8.06. The highest BCUT2D eigenvalue weighted by Gasteiger charge is 2.38. The van der Waals surface area contributed by atoms with Gasteiger partial charge in [-0.1, -0.05) is 6.92 Å². The molecule has 1 saturated carbocycles. The molecule has 25 heavy (non-hydrogen) atoms. The third-order valence-corrected chi connectivity index (χ3v) is 5.18. The minimum atomic E-state index is 0. The first kappa shape index (κ1) is 20.6. The Morgan fingerprint density at radius 3 is 2.88 bits per heavy atom. The highest BCUT2D eigenvalue weighted by molar-refractivity contribution is 14.0. The molecular weight excluding hydrogens is 427 g/mol. The van der Waals surface area contributed by atoms with Crippen molar-refractivity contribution in [2.75, 3.05) is 13.1 Å². The summed E-state index contributed by atoms with van der Waals surface area (Å²) in [5.41, 5.74) is 0. The molecular formula is C19H33IN4O. The molecule has 0 bridgehead atoms. The monoisotopic (exact) mass is 460 g/mol. The maximum absolute atomic E-state index is 5.40. The number of rotatable bonds is 7. The van der Waals surface area contributed by atoms with Crippen molar-refractivity contribution >= 4 is 29.9 Å². The first-order valence-electron chi connectivity index (χ1n) is 9.51. The molecule has 2 aliphatic rings. The predicted octanol–water partition coefficient (Wildman–Crippen LogP) is 3.40. The van der Waals surface area contributed by atoms with Crippen LogP contribution in [0.4, 0.5) is 0 Å². The Morgan fingerprint density at radius 1 is 1.44 bits per heavy atom. The van der Waals surface area contributed by atoms with Crippen molar-refractivity contribution in [1.29, 1.82) is 0 Å². The normalized spacial score (nSPS) is 25.5. The standard InChI is InChI=1S/C19H32N4O.HI/c1-4-14(2)21-19(20-10-9-18-6-5-11-24-18)22-16-12-15(3)23(13-16)17-7-8-17;/h5-6,11,14-17H,4,7-10,12-13H2,1-3H3,(H2,20,21,22);1H. The summed E-state index contributed by atoms with van der Waals surface area (Å²) >= 11 is 0. The van der Waals surface area contributed by atoms with E-state index in [0.717, 1.165) is 43.7 Å². The molecule has 2 fully saturated rings. The van der Waals surface area contributed by atoms with Crippen molar-refractivity contribution in [3.63, 3.8) is 0 Å². The van der Waals surface area contributed by atoms with Gasteiger partial charge in [0, 0.05) is 43.7 Å². The van der Waals surface area contributed by atoms with Crippen LogP contribution in [0.15, 0.2) is 27.8 Å². The molecule has 6 heteroatoms. The van der Waals surface area contributed by atoms with Crippen molar-refractivity contribution in [2.24, 2.45) is 4.99 Å². The van der Waals surface area contributed by atoms with E-state index in [-0.39, 0.29) is 24.0 Å². The fourth-order valence-electron chi connectivity index (χ4n) is 3.47.